The first-order chi connectivity index (χ1) is 10.5. The third kappa shape index (κ3) is 4.49. The van der Waals surface area contributed by atoms with Gasteiger partial charge in [0.1, 0.15) is 0 Å². The molecule has 1 aliphatic heterocycles. The van der Waals surface area contributed by atoms with Crippen LogP contribution in [0.15, 0.2) is 29.2 Å². The van der Waals surface area contributed by atoms with E-state index in [1.807, 2.05) is 18.7 Å². The van der Waals surface area contributed by atoms with Gasteiger partial charge in [-0.05, 0) is 32.9 Å². The molecule has 1 fully saturated rings. The predicted molar refractivity (Wildman–Crippen MR) is 93.9 cm³/mol. The second-order valence-corrected chi connectivity index (χ2v) is 8.70. The molecule has 1 heterocycles. The number of hydrogen-bond acceptors (Lipinski definition) is 3. The molecule has 0 bridgehead atoms. The molecular formula is C16H24N2O2S2. The zero-order valence-corrected chi connectivity index (χ0v) is 15.0. The van der Waals surface area contributed by atoms with Crippen molar-refractivity contribution in [2.75, 3.05) is 24.6 Å². The van der Waals surface area contributed by atoms with E-state index in [-0.39, 0.29) is 17.3 Å². The van der Waals surface area contributed by atoms with E-state index in [4.69, 9.17) is 0 Å². The quantitative estimate of drug-likeness (QED) is 0.677. The summed E-state index contributed by atoms with van der Waals surface area (Å²) in [4.78, 5) is 15.2. The van der Waals surface area contributed by atoms with E-state index < -0.39 is 10.8 Å². The maximum absolute atomic E-state index is 12.2. The van der Waals surface area contributed by atoms with Crippen LogP contribution in [0.25, 0.3) is 0 Å². The lowest BCUT2D eigenvalue weighted by molar-refractivity contribution is 0.180. The Morgan fingerprint density at radius 1 is 1.36 bits per heavy atom. The van der Waals surface area contributed by atoms with Gasteiger partial charge < -0.3 is 10.2 Å². The summed E-state index contributed by atoms with van der Waals surface area (Å²) in [5.41, 5.74) is 1.25. The van der Waals surface area contributed by atoms with Crippen molar-refractivity contribution >= 4 is 28.6 Å². The summed E-state index contributed by atoms with van der Waals surface area (Å²) in [6, 6.07) is 8.38. The van der Waals surface area contributed by atoms with Gasteiger partial charge in [-0.2, -0.15) is 0 Å². The van der Waals surface area contributed by atoms with Gasteiger partial charge in [-0.3, -0.25) is 4.21 Å². The van der Waals surface area contributed by atoms with Gasteiger partial charge in [0.05, 0.1) is 5.25 Å². The number of carbonyl (C=O) groups excluding carboxylic acids is 1. The molecule has 0 saturated carbocycles. The lowest BCUT2D eigenvalue weighted by atomic mass is 10.2. The highest BCUT2D eigenvalue weighted by atomic mass is 32.2. The maximum Gasteiger partial charge on any atom is 0.317 e. The fourth-order valence-corrected chi connectivity index (χ4v) is 4.50. The van der Waals surface area contributed by atoms with Gasteiger partial charge in [-0.15, -0.1) is 11.8 Å². The third-order valence-corrected chi connectivity index (χ3v) is 6.87. The van der Waals surface area contributed by atoms with E-state index in [1.165, 1.54) is 10.5 Å². The van der Waals surface area contributed by atoms with Crippen molar-refractivity contribution in [1.29, 1.82) is 0 Å². The normalized spacial score (nSPS) is 25.0. The summed E-state index contributed by atoms with van der Waals surface area (Å²) in [7, 11) is -0.812. The monoisotopic (exact) mass is 340 g/mol. The molecule has 0 aromatic heterocycles. The summed E-state index contributed by atoms with van der Waals surface area (Å²) >= 11 is 1.74. The summed E-state index contributed by atoms with van der Waals surface area (Å²) in [5.74, 6) is 1.43. The molecule has 22 heavy (non-hydrogen) atoms. The van der Waals surface area contributed by atoms with Crippen LogP contribution < -0.4 is 5.32 Å². The highest BCUT2D eigenvalue weighted by Crippen LogP contribution is 2.18. The molecule has 2 amide bonds. The summed E-state index contributed by atoms with van der Waals surface area (Å²) in [5, 5.41) is 3.01. The number of thioether (sulfide) groups is 1. The molecule has 1 N–H and O–H groups in total. The van der Waals surface area contributed by atoms with Gasteiger partial charge >= 0.3 is 6.03 Å². The molecule has 2 rings (SSSR count). The Morgan fingerprint density at radius 3 is 2.73 bits per heavy atom. The highest BCUT2D eigenvalue weighted by molar-refractivity contribution is 7.99. The summed E-state index contributed by atoms with van der Waals surface area (Å²) < 4.78 is 11.8. The number of urea groups is 1. The Bertz CT molecular complexity index is 533. The molecule has 0 aliphatic carbocycles. The SMILES string of the molecule is Cc1ccc(SCCNC(=O)N2CC[S@@](=O)[C@@H](C)[C@@H]2C)cc1. The number of benzene rings is 1. The lowest BCUT2D eigenvalue weighted by Crippen LogP contribution is -2.55. The van der Waals surface area contributed by atoms with Crippen molar-refractivity contribution in [3.8, 4) is 0 Å². The van der Waals surface area contributed by atoms with Crippen molar-refractivity contribution in [1.82, 2.24) is 10.2 Å². The topological polar surface area (TPSA) is 49.4 Å². The molecule has 4 nitrogen and oxygen atoms in total. The molecule has 3 atom stereocenters. The van der Waals surface area contributed by atoms with E-state index in [0.29, 0.717) is 18.8 Å². The van der Waals surface area contributed by atoms with E-state index in [9.17, 15) is 9.00 Å². The number of hydrogen-bond donors (Lipinski definition) is 1. The summed E-state index contributed by atoms with van der Waals surface area (Å²) in [6.07, 6.45) is 0. The first-order valence-corrected chi connectivity index (χ1v) is 9.97. The van der Waals surface area contributed by atoms with Gasteiger partial charge in [0.15, 0.2) is 0 Å². The van der Waals surface area contributed by atoms with Crippen LogP contribution in [0, 0.1) is 6.92 Å². The minimum Gasteiger partial charge on any atom is -0.337 e. The maximum atomic E-state index is 12.2. The van der Waals surface area contributed by atoms with Crippen LogP contribution in [0.3, 0.4) is 0 Å². The molecule has 6 heteroatoms. The van der Waals surface area contributed by atoms with Crippen LogP contribution in [-0.4, -0.2) is 51.0 Å². The Kier molecular flexibility index (Phi) is 6.32. The van der Waals surface area contributed by atoms with Crippen molar-refractivity contribution in [3.05, 3.63) is 29.8 Å². The molecule has 1 saturated heterocycles. The molecular weight excluding hydrogens is 316 g/mol. The summed E-state index contributed by atoms with van der Waals surface area (Å²) in [6.45, 7) is 7.21. The predicted octanol–water partition coefficient (Wildman–Crippen LogP) is 2.64. The smallest absolute Gasteiger partial charge is 0.317 e. The largest absolute Gasteiger partial charge is 0.337 e. The second-order valence-electron chi connectivity index (χ2n) is 5.62. The highest BCUT2D eigenvalue weighted by Gasteiger charge is 2.32. The van der Waals surface area contributed by atoms with Crippen LogP contribution in [-0.2, 0) is 10.8 Å². The second kappa shape index (κ2) is 8.02. The molecule has 1 aromatic carbocycles. The first kappa shape index (κ1) is 17.3. The zero-order chi connectivity index (χ0) is 16.1. The fourth-order valence-electron chi connectivity index (χ4n) is 2.40. The zero-order valence-electron chi connectivity index (χ0n) is 13.4. The molecule has 0 unspecified atom stereocenters. The van der Waals surface area contributed by atoms with E-state index in [1.54, 1.807) is 11.8 Å². The average Bonchev–Trinajstić information content (AvgIpc) is 2.51. The van der Waals surface area contributed by atoms with Crippen LogP contribution >= 0.6 is 11.8 Å². The number of nitrogens with zero attached hydrogens (tertiary/aromatic N) is 1. The van der Waals surface area contributed by atoms with Gasteiger partial charge in [0.2, 0.25) is 0 Å². The Morgan fingerprint density at radius 2 is 2.05 bits per heavy atom. The Labute approximate surface area is 139 Å². The number of nitrogens with one attached hydrogen (secondary N) is 1. The number of rotatable bonds is 4. The first-order valence-electron chi connectivity index (χ1n) is 7.60. The molecule has 1 aromatic rings. The van der Waals surface area contributed by atoms with Gasteiger partial charge in [0.25, 0.3) is 0 Å². The number of aryl methyl sites for hydroxylation is 1. The van der Waals surface area contributed by atoms with Crippen molar-refractivity contribution < 1.29 is 9.00 Å². The standard InChI is InChI=1S/C16H24N2O2S2/c1-12-4-6-15(7-5-12)21-10-8-17-16(19)18-9-11-22(20)14(3)13(18)2/h4-7,13-14H,8-11H2,1-3H3,(H,17,19)/t13-,14-,22+/m0/s1. The van der Waals surface area contributed by atoms with Crippen molar-refractivity contribution in [2.24, 2.45) is 0 Å². The molecule has 122 valence electrons. The van der Waals surface area contributed by atoms with Crippen LogP contribution in [0.1, 0.15) is 19.4 Å². The van der Waals surface area contributed by atoms with Gasteiger partial charge in [-0.1, -0.05) is 17.7 Å². The van der Waals surface area contributed by atoms with Gasteiger partial charge in [-0.25, -0.2) is 4.79 Å². The minimum absolute atomic E-state index is 0.0272. The Balaban J connectivity index is 1.73. The molecule has 0 radical (unpaired) electrons. The minimum atomic E-state index is -0.812. The number of carbonyl (C=O) groups is 1. The third-order valence-electron chi connectivity index (χ3n) is 4.05. The van der Waals surface area contributed by atoms with Crippen molar-refractivity contribution in [3.63, 3.8) is 0 Å². The molecule has 1 aliphatic rings. The van der Waals surface area contributed by atoms with Crippen LogP contribution in [0.4, 0.5) is 4.79 Å². The van der Waals surface area contributed by atoms with Crippen molar-refractivity contribution in [2.45, 2.75) is 37.0 Å². The Hall–Kier alpha value is -1.01. The lowest BCUT2D eigenvalue weighted by Gasteiger charge is -2.37. The number of amides is 2. The van der Waals surface area contributed by atoms with Crippen LogP contribution in [0.2, 0.25) is 0 Å². The van der Waals surface area contributed by atoms with E-state index in [0.717, 1.165) is 5.75 Å². The van der Waals surface area contributed by atoms with Gasteiger partial charge in [0, 0.05) is 46.3 Å². The van der Waals surface area contributed by atoms with E-state index >= 15 is 0 Å². The average molecular weight is 341 g/mol. The fraction of sp³-hybridized carbons (Fsp3) is 0.562. The molecule has 0 spiro atoms. The van der Waals surface area contributed by atoms with E-state index in [2.05, 4.69) is 36.5 Å². The van der Waals surface area contributed by atoms with Crippen LogP contribution in [0.5, 0.6) is 0 Å².